The van der Waals surface area contributed by atoms with Crippen LogP contribution in [0.15, 0.2) is 53.5 Å². The predicted molar refractivity (Wildman–Crippen MR) is 91.1 cm³/mol. The van der Waals surface area contributed by atoms with E-state index in [0.29, 0.717) is 6.04 Å². The van der Waals surface area contributed by atoms with Gasteiger partial charge in [0.1, 0.15) is 5.75 Å². The summed E-state index contributed by atoms with van der Waals surface area (Å²) in [7, 11) is 5.90. The van der Waals surface area contributed by atoms with Crippen LogP contribution in [0.25, 0.3) is 0 Å². The van der Waals surface area contributed by atoms with E-state index in [9.17, 15) is 0 Å². The molecule has 0 radical (unpaired) electrons. The maximum atomic E-state index is 5.39. The summed E-state index contributed by atoms with van der Waals surface area (Å²) in [5.74, 6) is 0.883. The third-order valence-electron chi connectivity index (χ3n) is 3.96. The summed E-state index contributed by atoms with van der Waals surface area (Å²) in [6.45, 7) is 0.960. The van der Waals surface area contributed by atoms with Gasteiger partial charge in [-0.1, -0.05) is 36.4 Å². The SMILES string of the molecule is COc1ccc2c(c1)C(c1ccccc1)=NC(CN(C)C)C2. The highest BCUT2D eigenvalue weighted by molar-refractivity contribution is 6.14. The molecule has 0 N–H and O–H groups in total. The Balaban J connectivity index is 2.07. The first-order valence-electron chi connectivity index (χ1n) is 7.62. The van der Waals surface area contributed by atoms with Crippen molar-refractivity contribution in [3.63, 3.8) is 0 Å². The molecule has 2 aromatic rings. The highest BCUT2D eigenvalue weighted by Crippen LogP contribution is 2.27. The van der Waals surface area contributed by atoms with Crippen molar-refractivity contribution in [3.05, 3.63) is 65.2 Å². The van der Waals surface area contributed by atoms with Crippen molar-refractivity contribution in [3.8, 4) is 5.75 Å². The van der Waals surface area contributed by atoms with Crippen LogP contribution >= 0.6 is 0 Å². The summed E-state index contributed by atoms with van der Waals surface area (Å²) < 4.78 is 5.39. The lowest BCUT2D eigenvalue weighted by Gasteiger charge is -2.26. The highest BCUT2D eigenvalue weighted by atomic mass is 16.5. The van der Waals surface area contributed by atoms with E-state index in [0.717, 1.165) is 24.4 Å². The largest absolute Gasteiger partial charge is 0.497 e. The minimum absolute atomic E-state index is 0.297. The monoisotopic (exact) mass is 294 g/mol. The molecule has 0 amide bonds. The molecule has 0 aliphatic carbocycles. The molecule has 0 fully saturated rings. The van der Waals surface area contributed by atoms with Crippen LogP contribution in [0.2, 0.25) is 0 Å². The number of benzene rings is 2. The molecule has 1 aliphatic rings. The van der Waals surface area contributed by atoms with Crippen molar-refractivity contribution >= 4 is 5.71 Å². The van der Waals surface area contributed by atoms with Crippen LogP contribution in [0.4, 0.5) is 0 Å². The Labute approximate surface area is 132 Å². The number of ether oxygens (including phenoxy) is 1. The van der Waals surface area contributed by atoms with Gasteiger partial charge >= 0.3 is 0 Å². The van der Waals surface area contributed by atoms with Crippen LogP contribution in [0.5, 0.6) is 5.75 Å². The van der Waals surface area contributed by atoms with Gasteiger partial charge in [0, 0.05) is 17.7 Å². The molecule has 3 rings (SSSR count). The first-order chi connectivity index (χ1) is 10.7. The summed E-state index contributed by atoms with van der Waals surface area (Å²) in [4.78, 5) is 7.23. The van der Waals surface area contributed by atoms with Crippen LogP contribution in [-0.2, 0) is 6.42 Å². The zero-order valence-electron chi connectivity index (χ0n) is 13.4. The van der Waals surface area contributed by atoms with Gasteiger partial charge in [0.25, 0.3) is 0 Å². The molecule has 0 saturated heterocycles. The number of nitrogens with zero attached hydrogens (tertiary/aromatic N) is 2. The second-order valence-electron chi connectivity index (χ2n) is 5.99. The molecular formula is C19H22N2O. The second-order valence-corrected chi connectivity index (χ2v) is 5.99. The average Bonchev–Trinajstić information content (AvgIpc) is 2.54. The Morgan fingerprint density at radius 1 is 1.14 bits per heavy atom. The van der Waals surface area contributed by atoms with Crippen molar-refractivity contribution in [2.24, 2.45) is 4.99 Å². The van der Waals surface area contributed by atoms with Gasteiger partial charge in [-0.25, -0.2) is 0 Å². The van der Waals surface area contributed by atoms with Gasteiger partial charge < -0.3 is 9.64 Å². The average molecular weight is 294 g/mol. The van der Waals surface area contributed by atoms with E-state index < -0.39 is 0 Å². The molecule has 1 heterocycles. The number of aliphatic imine (C=N–C) groups is 1. The lowest BCUT2D eigenvalue weighted by molar-refractivity contribution is 0.371. The fourth-order valence-corrected chi connectivity index (χ4v) is 2.99. The van der Waals surface area contributed by atoms with Gasteiger partial charge in [-0.3, -0.25) is 4.99 Å². The first kappa shape index (κ1) is 14.8. The van der Waals surface area contributed by atoms with E-state index in [4.69, 9.17) is 9.73 Å². The van der Waals surface area contributed by atoms with Crippen molar-refractivity contribution in [1.29, 1.82) is 0 Å². The van der Waals surface area contributed by atoms with E-state index >= 15 is 0 Å². The molecular weight excluding hydrogens is 272 g/mol. The Kier molecular flexibility index (Phi) is 4.25. The van der Waals surface area contributed by atoms with E-state index in [1.807, 2.05) is 12.1 Å². The van der Waals surface area contributed by atoms with Crippen LogP contribution in [0.3, 0.4) is 0 Å². The molecule has 1 unspecified atom stereocenters. The standard InChI is InChI=1S/C19H22N2O/c1-21(2)13-16-11-15-9-10-17(22-3)12-18(15)19(20-16)14-7-5-4-6-8-14/h4-10,12,16H,11,13H2,1-3H3. The number of fused-ring (bicyclic) bond motifs is 1. The molecule has 0 bridgehead atoms. The zero-order valence-corrected chi connectivity index (χ0v) is 13.4. The highest BCUT2D eigenvalue weighted by Gasteiger charge is 2.23. The van der Waals surface area contributed by atoms with Gasteiger partial charge in [0.15, 0.2) is 0 Å². The van der Waals surface area contributed by atoms with E-state index in [1.165, 1.54) is 16.7 Å². The van der Waals surface area contributed by atoms with Crippen LogP contribution in [0, 0.1) is 0 Å². The maximum absolute atomic E-state index is 5.39. The molecule has 3 heteroatoms. The molecule has 0 spiro atoms. The Morgan fingerprint density at radius 2 is 1.91 bits per heavy atom. The Bertz CT molecular complexity index is 677. The molecule has 2 aromatic carbocycles. The van der Waals surface area contributed by atoms with Crippen LogP contribution in [0.1, 0.15) is 16.7 Å². The topological polar surface area (TPSA) is 24.8 Å². The summed E-state index contributed by atoms with van der Waals surface area (Å²) >= 11 is 0. The van der Waals surface area contributed by atoms with E-state index in [-0.39, 0.29) is 0 Å². The summed E-state index contributed by atoms with van der Waals surface area (Å²) in [5, 5.41) is 0. The number of likely N-dealkylation sites (N-methyl/N-ethyl adjacent to an activating group) is 1. The van der Waals surface area contributed by atoms with Crippen molar-refractivity contribution in [2.75, 3.05) is 27.7 Å². The van der Waals surface area contributed by atoms with Crippen molar-refractivity contribution in [1.82, 2.24) is 4.90 Å². The molecule has 0 aromatic heterocycles. The number of rotatable bonds is 4. The molecule has 22 heavy (non-hydrogen) atoms. The van der Waals surface area contributed by atoms with Gasteiger partial charge in [-0.15, -0.1) is 0 Å². The first-order valence-corrected chi connectivity index (χ1v) is 7.62. The van der Waals surface area contributed by atoms with Gasteiger partial charge in [0.2, 0.25) is 0 Å². The quantitative estimate of drug-likeness (QED) is 0.866. The zero-order chi connectivity index (χ0) is 15.5. The maximum Gasteiger partial charge on any atom is 0.119 e. The molecule has 1 atom stereocenters. The lowest BCUT2D eigenvalue weighted by atomic mass is 9.90. The fourth-order valence-electron chi connectivity index (χ4n) is 2.99. The van der Waals surface area contributed by atoms with Crippen LogP contribution < -0.4 is 4.74 Å². The van der Waals surface area contributed by atoms with E-state index in [1.54, 1.807) is 7.11 Å². The lowest BCUT2D eigenvalue weighted by Crippen LogP contribution is -2.31. The predicted octanol–water partition coefficient (Wildman–Crippen LogP) is 3.02. The van der Waals surface area contributed by atoms with Gasteiger partial charge in [-0.2, -0.15) is 0 Å². The second kappa shape index (κ2) is 6.32. The summed E-state index contributed by atoms with van der Waals surface area (Å²) in [6, 6.07) is 17.0. The molecule has 114 valence electrons. The minimum atomic E-state index is 0.297. The van der Waals surface area contributed by atoms with E-state index in [2.05, 4.69) is 55.4 Å². The van der Waals surface area contributed by atoms with Gasteiger partial charge in [0.05, 0.1) is 18.9 Å². The van der Waals surface area contributed by atoms with Crippen LogP contribution in [-0.4, -0.2) is 44.4 Å². The third kappa shape index (κ3) is 3.04. The third-order valence-corrected chi connectivity index (χ3v) is 3.96. The molecule has 0 saturated carbocycles. The normalized spacial score (nSPS) is 17.1. The fraction of sp³-hybridized carbons (Fsp3) is 0.316. The summed E-state index contributed by atoms with van der Waals surface area (Å²) in [6.07, 6.45) is 0.980. The smallest absolute Gasteiger partial charge is 0.119 e. The Morgan fingerprint density at radius 3 is 2.59 bits per heavy atom. The van der Waals surface area contributed by atoms with Gasteiger partial charge in [-0.05, 0) is 38.2 Å². The number of methoxy groups -OCH3 is 1. The molecule has 3 nitrogen and oxygen atoms in total. The molecule has 1 aliphatic heterocycles. The number of hydrogen-bond acceptors (Lipinski definition) is 3. The Hall–Kier alpha value is -2.13. The van der Waals surface area contributed by atoms with Crippen molar-refractivity contribution in [2.45, 2.75) is 12.5 Å². The minimum Gasteiger partial charge on any atom is -0.497 e. The summed E-state index contributed by atoms with van der Waals surface area (Å²) in [5.41, 5.74) is 4.79. The van der Waals surface area contributed by atoms with Crippen molar-refractivity contribution < 1.29 is 4.74 Å². The number of hydrogen-bond donors (Lipinski definition) is 0.